The van der Waals surface area contributed by atoms with Crippen LogP contribution in [0.15, 0.2) is 18.2 Å². The average Bonchev–Trinajstić information content (AvgIpc) is 3.22. The number of rotatable bonds is 5. The lowest BCUT2D eigenvalue weighted by molar-refractivity contribution is -0.385. The van der Waals surface area contributed by atoms with Crippen LogP contribution in [0.1, 0.15) is 35.7 Å². The molecule has 0 spiro atoms. The first kappa shape index (κ1) is 17.4. The van der Waals surface area contributed by atoms with Gasteiger partial charge in [0.1, 0.15) is 0 Å². The fourth-order valence-corrected chi connectivity index (χ4v) is 2.43. The quantitative estimate of drug-likeness (QED) is 0.643. The highest BCUT2D eigenvalue weighted by molar-refractivity contribution is 5.97. The molecular formula is C14H20ClN3O3. The minimum atomic E-state index is -0.477. The van der Waals surface area contributed by atoms with Crippen molar-refractivity contribution in [3.63, 3.8) is 0 Å². The van der Waals surface area contributed by atoms with Crippen LogP contribution < -0.4 is 11.1 Å². The molecule has 7 heteroatoms. The van der Waals surface area contributed by atoms with Crippen LogP contribution in [0.3, 0.4) is 0 Å². The number of nitro groups is 1. The van der Waals surface area contributed by atoms with E-state index < -0.39 is 10.5 Å². The number of nitro benzene ring substituents is 1. The number of nitrogens with zero attached hydrogens (tertiary/aromatic N) is 1. The maximum Gasteiger partial charge on any atom is 0.273 e. The van der Waals surface area contributed by atoms with Crippen LogP contribution in [0.2, 0.25) is 0 Å². The molecule has 0 radical (unpaired) electrons. The van der Waals surface area contributed by atoms with Gasteiger partial charge in [-0.05, 0) is 38.7 Å². The summed E-state index contributed by atoms with van der Waals surface area (Å²) in [5.41, 5.74) is 6.00. The molecule has 1 saturated carbocycles. The van der Waals surface area contributed by atoms with E-state index in [1.54, 1.807) is 13.0 Å². The lowest BCUT2D eigenvalue weighted by Crippen LogP contribution is -2.53. The number of carbonyl (C=O) groups is 1. The molecule has 6 nitrogen and oxygen atoms in total. The summed E-state index contributed by atoms with van der Waals surface area (Å²) in [6.07, 6.45) is 2.11. The standard InChI is InChI=1S/C14H19N3O3.ClH/c1-9-11(4-3-5-12(9)17(19)20)13(18)16-14(2,8-15)10-6-7-10;/h3-5,10H,6-8,15H2,1-2H3,(H,16,18);1H. The zero-order chi connectivity index (χ0) is 14.9. The van der Waals surface area contributed by atoms with Gasteiger partial charge in [-0.25, -0.2) is 0 Å². The molecule has 3 N–H and O–H groups in total. The van der Waals surface area contributed by atoms with Gasteiger partial charge in [0, 0.05) is 23.7 Å². The third kappa shape index (κ3) is 3.51. The van der Waals surface area contributed by atoms with E-state index in [1.165, 1.54) is 12.1 Å². The molecular weight excluding hydrogens is 294 g/mol. The first-order valence-electron chi connectivity index (χ1n) is 6.65. The second kappa shape index (κ2) is 6.41. The number of amides is 1. The van der Waals surface area contributed by atoms with Crippen molar-refractivity contribution in [3.8, 4) is 0 Å². The zero-order valence-corrected chi connectivity index (χ0v) is 12.9. The molecule has 2 rings (SSSR count). The molecule has 1 amide bonds. The SMILES string of the molecule is Cc1c(C(=O)NC(C)(CN)C2CC2)cccc1[N+](=O)[O-].Cl. The monoisotopic (exact) mass is 313 g/mol. The van der Waals surface area contributed by atoms with Gasteiger partial charge in [-0.15, -0.1) is 12.4 Å². The molecule has 1 unspecified atom stereocenters. The number of hydrogen-bond acceptors (Lipinski definition) is 4. The minimum absolute atomic E-state index is 0. The second-order valence-corrected chi connectivity index (χ2v) is 5.56. The highest BCUT2D eigenvalue weighted by atomic mass is 35.5. The Kier molecular flexibility index (Phi) is 5.31. The topological polar surface area (TPSA) is 98.3 Å². The van der Waals surface area contributed by atoms with E-state index in [2.05, 4.69) is 5.32 Å². The molecule has 0 heterocycles. The Balaban J connectivity index is 0.00000220. The summed E-state index contributed by atoms with van der Waals surface area (Å²) in [5, 5.41) is 13.9. The number of nitrogens with two attached hydrogens (primary N) is 1. The van der Waals surface area contributed by atoms with Gasteiger partial charge >= 0.3 is 0 Å². The highest BCUT2D eigenvalue weighted by Gasteiger charge is 2.41. The van der Waals surface area contributed by atoms with Gasteiger partial charge in [0.2, 0.25) is 0 Å². The molecule has 0 bridgehead atoms. The number of carbonyl (C=O) groups excluding carboxylic acids is 1. The Morgan fingerprint density at radius 2 is 2.14 bits per heavy atom. The highest BCUT2D eigenvalue weighted by Crippen LogP contribution is 2.39. The van der Waals surface area contributed by atoms with E-state index in [-0.39, 0.29) is 24.0 Å². The van der Waals surface area contributed by atoms with Crippen molar-refractivity contribution >= 4 is 24.0 Å². The Morgan fingerprint density at radius 3 is 2.62 bits per heavy atom. The smallest absolute Gasteiger partial charge is 0.273 e. The van der Waals surface area contributed by atoms with Gasteiger partial charge < -0.3 is 11.1 Å². The zero-order valence-electron chi connectivity index (χ0n) is 12.1. The average molecular weight is 314 g/mol. The summed E-state index contributed by atoms with van der Waals surface area (Å²) in [4.78, 5) is 22.8. The normalized spacial score (nSPS) is 16.5. The van der Waals surface area contributed by atoms with Crippen LogP contribution in [0, 0.1) is 23.0 Å². The van der Waals surface area contributed by atoms with Gasteiger partial charge in [-0.3, -0.25) is 14.9 Å². The van der Waals surface area contributed by atoms with E-state index in [0.29, 0.717) is 23.6 Å². The Hall–Kier alpha value is -1.66. The fourth-order valence-electron chi connectivity index (χ4n) is 2.43. The molecule has 1 aliphatic carbocycles. The van der Waals surface area contributed by atoms with Crippen molar-refractivity contribution in [1.82, 2.24) is 5.32 Å². The third-order valence-electron chi connectivity index (χ3n) is 4.05. The van der Waals surface area contributed by atoms with E-state index >= 15 is 0 Å². The third-order valence-corrected chi connectivity index (χ3v) is 4.05. The fraction of sp³-hybridized carbons (Fsp3) is 0.500. The van der Waals surface area contributed by atoms with Crippen LogP contribution >= 0.6 is 12.4 Å². The van der Waals surface area contributed by atoms with E-state index in [1.807, 2.05) is 6.92 Å². The van der Waals surface area contributed by atoms with Crippen LogP contribution in [0.4, 0.5) is 5.69 Å². The molecule has 0 aliphatic heterocycles. The Bertz CT molecular complexity index is 560. The van der Waals surface area contributed by atoms with Gasteiger partial charge in [-0.1, -0.05) is 6.07 Å². The van der Waals surface area contributed by atoms with Crippen LogP contribution in [0.25, 0.3) is 0 Å². The predicted molar refractivity (Wildman–Crippen MR) is 82.7 cm³/mol. The molecule has 1 aromatic carbocycles. The molecule has 0 saturated heterocycles. The van der Waals surface area contributed by atoms with Gasteiger partial charge in [0.15, 0.2) is 0 Å². The predicted octanol–water partition coefficient (Wildman–Crippen LogP) is 2.18. The molecule has 21 heavy (non-hydrogen) atoms. The lowest BCUT2D eigenvalue weighted by Gasteiger charge is -2.29. The summed E-state index contributed by atoms with van der Waals surface area (Å²) < 4.78 is 0. The van der Waals surface area contributed by atoms with Crippen molar-refractivity contribution in [2.24, 2.45) is 11.7 Å². The molecule has 1 aromatic rings. The van der Waals surface area contributed by atoms with E-state index in [9.17, 15) is 14.9 Å². The molecule has 1 aliphatic rings. The van der Waals surface area contributed by atoms with Crippen molar-refractivity contribution in [2.75, 3.05) is 6.54 Å². The van der Waals surface area contributed by atoms with Gasteiger partial charge in [0.05, 0.1) is 10.5 Å². The number of halogens is 1. The number of nitrogens with one attached hydrogen (secondary N) is 1. The lowest BCUT2D eigenvalue weighted by atomic mass is 9.95. The van der Waals surface area contributed by atoms with Gasteiger partial charge in [0.25, 0.3) is 11.6 Å². The Morgan fingerprint density at radius 1 is 1.52 bits per heavy atom. The van der Waals surface area contributed by atoms with Crippen LogP contribution in [0.5, 0.6) is 0 Å². The molecule has 116 valence electrons. The largest absolute Gasteiger partial charge is 0.345 e. The van der Waals surface area contributed by atoms with Crippen LogP contribution in [-0.2, 0) is 0 Å². The molecule has 0 aromatic heterocycles. The summed E-state index contributed by atoms with van der Waals surface area (Å²) in [7, 11) is 0. The van der Waals surface area contributed by atoms with Crippen LogP contribution in [-0.4, -0.2) is 22.9 Å². The van der Waals surface area contributed by atoms with Crippen molar-refractivity contribution in [2.45, 2.75) is 32.2 Å². The van der Waals surface area contributed by atoms with Crippen molar-refractivity contribution < 1.29 is 9.72 Å². The molecule has 1 fully saturated rings. The number of benzene rings is 1. The Labute approximate surface area is 129 Å². The second-order valence-electron chi connectivity index (χ2n) is 5.56. The summed E-state index contributed by atoms with van der Waals surface area (Å²) in [6.45, 7) is 3.87. The summed E-state index contributed by atoms with van der Waals surface area (Å²) in [6, 6.07) is 4.52. The van der Waals surface area contributed by atoms with Crippen molar-refractivity contribution in [3.05, 3.63) is 39.4 Å². The maximum absolute atomic E-state index is 12.4. The van der Waals surface area contributed by atoms with Crippen molar-refractivity contribution in [1.29, 1.82) is 0 Å². The van der Waals surface area contributed by atoms with E-state index in [0.717, 1.165) is 12.8 Å². The molecule has 1 atom stereocenters. The minimum Gasteiger partial charge on any atom is -0.345 e. The van der Waals surface area contributed by atoms with Gasteiger partial charge in [-0.2, -0.15) is 0 Å². The summed E-state index contributed by atoms with van der Waals surface area (Å²) >= 11 is 0. The summed E-state index contributed by atoms with van der Waals surface area (Å²) in [5.74, 6) is 0.0986. The number of hydrogen-bond donors (Lipinski definition) is 2. The van der Waals surface area contributed by atoms with E-state index in [4.69, 9.17) is 5.73 Å². The first-order valence-corrected chi connectivity index (χ1v) is 6.65. The maximum atomic E-state index is 12.4. The first-order chi connectivity index (χ1) is 9.39.